The second-order valence-corrected chi connectivity index (χ2v) is 8.69. The van der Waals surface area contributed by atoms with Gasteiger partial charge in [-0.2, -0.15) is 0 Å². The van der Waals surface area contributed by atoms with E-state index in [1.807, 2.05) is 20.8 Å². The molecule has 0 bridgehead atoms. The maximum atomic E-state index is 13.1. The first-order valence-corrected chi connectivity index (χ1v) is 9.14. The number of fused-ring (bicyclic) bond motifs is 1. The van der Waals surface area contributed by atoms with E-state index >= 15 is 0 Å². The number of amides is 1. The number of allylic oxidation sites excluding steroid dienone is 1. The lowest BCUT2D eigenvalue weighted by Crippen LogP contribution is -2.71. The van der Waals surface area contributed by atoms with Gasteiger partial charge in [-0.05, 0) is 10.4 Å². The van der Waals surface area contributed by atoms with Gasteiger partial charge in [0.25, 0.3) is 5.91 Å². The number of carbonyl (C=O) groups is 2. The van der Waals surface area contributed by atoms with Crippen LogP contribution in [0.5, 0.6) is 0 Å². The number of hydrogen-bond acceptors (Lipinski definition) is 7. The highest BCUT2D eigenvalue weighted by atomic mass is 35.5. The van der Waals surface area contributed by atoms with Gasteiger partial charge in [0.05, 0.1) is 5.70 Å². The molecule has 2 atom stereocenters. The highest BCUT2D eigenvalue weighted by molar-refractivity contribution is 8.00. The quantitative estimate of drug-likeness (QED) is 0.442. The predicted octanol–water partition coefficient (Wildman–Crippen LogP) is 1.43. The third kappa shape index (κ3) is 2.33. The van der Waals surface area contributed by atoms with Crippen molar-refractivity contribution in [3.63, 3.8) is 0 Å². The smallest absolute Gasteiger partial charge is 0.257 e. The molecule has 1 fully saturated rings. The van der Waals surface area contributed by atoms with Crippen molar-refractivity contribution in [2.75, 3.05) is 5.75 Å². The van der Waals surface area contributed by atoms with Crippen molar-refractivity contribution in [1.29, 1.82) is 0 Å². The fourth-order valence-corrected chi connectivity index (χ4v) is 4.72. The molecule has 0 radical (unpaired) electrons. The highest BCUT2D eigenvalue weighted by Gasteiger charge is 2.63. The number of thiocarbonyl (C=S) groups is 1. The summed E-state index contributed by atoms with van der Waals surface area (Å²) in [4.78, 5) is 25.9. The Balaban J connectivity index is 2.18. The summed E-state index contributed by atoms with van der Waals surface area (Å²) >= 11 is 12.7. The molecule has 2 aliphatic rings. The summed E-state index contributed by atoms with van der Waals surface area (Å²) < 4.78 is 1.49. The fraction of sp³-hybridized carbons (Fsp3) is 0.571. The number of thioether (sulfide) groups is 1. The second kappa shape index (κ2) is 5.60. The number of Topliss-reactive ketones (excluding diaryl/α,β-unsaturated/α-hetero) is 1. The largest absolute Gasteiger partial charge is 0.292 e. The van der Waals surface area contributed by atoms with Gasteiger partial charge in [0.2, 0.25) is 0 Å². The Kier molecular flexibility index (Phi) is 4.09. The number of ketones is 1. The molecule has 0 unspecified atom stereocenters. The molecule has 0 aromatic carbocycles. The van der Waals surface area contributed by atoms with Gasteiger partial charge in [0.15, 0.2) is 16.5 Å². The van der Waals surface area contributed by atoms with Gasteiger partial charge in [-0.25, -0.2) is 4.68 Å². The zero-order chi connectivity index (χ0) is 17.9. The predicted molar refractivity (Wildman–Crippen MR) is 95.5 cm³/mol. The first-order valence-electron chi connectivity index (χ1n) is 7.24. The molecule has 24 heavy (non-hydrogen) atoms. The normalized spacial score (nSPS) is 27.0. The molecular weight excluding hydrogens is 370 g/mol. The molecule has 128 valence electrons. The SMILES string of the molecule is Cn1nnnc1C1=C(C(=O)C(C)(C)C)N2C(=O)[C@@](Cl)(C=S)[C@@H]2SC1. The van der Waals surface area contributed by atoms with Crippen molar-refractivity contribution in [3.05, 3.63) is 11.5 Å². The van der Waals surface area contributed by atoms with Crippen LogP contribution in [-0.4, -0.2) is 58.2 Å². The van der Waals surface area contributed by atoms with E-state index in [0.717, 1.165) is 0 Å². The maximum Gasteiger partial charge on any atom is 0.257 e. The van der Waals surface area contributed by atoms with Crippen LogP contribution in [0.15, 0.2) is 5.70 Å². The third-order valence-corrected chi connectivity index (χ3v) is 6.47. The Bertz CT molecular complexity index is 784. The number of aromatic nitrogens is 4. The maximum absolute atomic E-state index is 13.1. The van der Waals surface area contributed by atoms with E-state index in [0.29, 0.717) is 22.8 Å². The molecule has 7 nitrogen and oxygen atoms in total. The molecule has 3 rings (SSSR count). The van der Waals surface area contributed by atoms with Crippen LogP contribution in [0, 0.1) is 5.41 Å². The number of β-lactam (4-membered cyclic amide) rings is 1. The molecule has 3 heterocycles. The minimum Gasteiger partial charge on any atom is -0.292 e. The Morgan fingerprint density at radius 1 is 1.50 bits per heavy atom. The van der Waals surface area contributed by atoms with Gasteiger partial charge in [0.1, 0.15) is 5.37 Å². The topological polar surface area (TPSA) is 81.0 Å². The van der Waals surface area contributed by atoms with E-state index in [9.17, 15) is 9.59 Å². The monoisotopic (exact) mass is 385 g/mol. The Morgan fingerprint density at radius 3 is 2.67 bits per heavy atom. The summed E-state index contributed by atoms with van der Waals surface area (Å²) in [5.74, 6) is 0.409. The number of alkyl halides is 1. The number of rotatable bonds is 3. The Hall–Kier alpha value is -1.32. The van der Waals surface area contributed by atoms with E-state index in [-0.39, 0.29) is 11.7 Å². The summed E-state index contributed by atoms with van der Waals surface area (Å²) in [6.45, 7) is 5.43. The molecule has 10 heteroatoms. The Morgan fingerprint density at radius 2 is 2.17 bits per heavy atom. The van der Waals surface area contributed by atoms with Crippen LogP contribution in [0.3, 0.4) is 0 Å². The van der Waals surface area contributed by atoms with Crippen molar-refractivity contribution in [2.45, 2.75) is 31.0 Å². The zero-order valence-corrected chi connectivity index (χ0v) is 16.0. The van der Waals surface area contributed by atoms with Crippen molar-refractivity contribution >= 4 is 58.2 Å². The van der Waals surface area contributed by atoms with Crippen molar-refractivity contribution in [3.8, 4) is 0 Å². The number of nitrogens with zero attached hydrogens (tertiary/aromatic N) is 5. The van der Waals surface area contributed by atoms with Crippen LogP contribution < -0.4 is 0 Å². The second-order valence-electron chi connectivity index (χ2n) is 6.76. The molecular formula is C14H16ClN5O2S2. The van der Waals surface area contributed by atoms with Crippen LogP contribution >= 0.6 is 35.6 Å². The zero-order valence-electron chi connectivity index (χ0n) is 13.6. The molecule has 1 saturated heterocycles. The summed E-state index contributed by atoms with van der Waals surface area (Å²) in [6.07, 6.45) is 0. The number of aryl methyl sites for hydroxylation is 1. The van der Waals surface area contributed by atoms with Gasteiger partial charge in [-0.3, -0.25) is 14.5 Å². The lowest BCUT2D eigenvalue weighted by Gasteiger charge is -2.53. The van der Waals surface area contributed by atoms with Crippen molar-refractivity contribution < 1.29 is 9.59 Å². The minimum absolute atomic E-state index is 0.151. The van der Waals surface area contributed by atoms with Crippen molar-refractivity contribution in [1.82, 2.24) is 25.1 Å². The lowest BCUT2D eigenvalue weighted by molar-refractivity contribution is -0.143. The first kappa shape index (κ1) is 17.5. The van der Waals surface area contributed by atoms with Crippen LogP contribution in [0.2, 0.25) is 0 Å². The number of tetrazole rings is 1. The van der Waals surface area contributed by atoms with Crippen LogP contribution in [0.1, 0.15) is 26.6 Å². The molecule has 0 saturated carbocycles. The van der Waals surface area contributed by atoms with Gasteiger partial charge >= 0.3 is 0 Å². The standard InChI is InChI=1S/C14H16ClN5O2S2/c1-13(2,3)9(21)8-7(10-16-17-18-19(10)4)5-24-12-14(15,6-23)11(22)20(8)12/h6,12H,5H2,1-4H3/t12-,14-/m0/s1. The molecule has 1 aromatic heterocycles. The van der Waals surface area contributed by atoms with Crippen LogP contribution in [-0.2, 0) is 16.6 Å². The summed E-state index contributed by atoms with van der Waals surface area (Å²) in [5.41, 5.74) is 0.296. The molecule has 1 amide bonds. The van der Waals surface area contributed by atoms with E-state index < -0.39 is 15.7 Å². The van der Waals surface area contributed by atoms with Gasteiger partial charge in [-0.1, -0.05) is 44.6 Å². The van der Waals surface area contributed by atoms with E-state index in [1.165, 1.54) is 26.7 Å². The molecule has 0 spiro atoms. The number of halogens is 1. The minimum atomic E-state index is -1.24. The van der Waals surface area contributed by atoms with Gasteiger partial charge < -0.3 is 0 Å². The average Bonchev–Trinajstić information content (AvgIpc) is 2.96. The first-order chi connectivity index (χ1) is 11.1. The lowest BCUT2D eigenvalue weighted by atomic mass is 9.84. The number of carbonyl (C=O) groups excluding carboxylic acids is 2. The van der Waals surface area contributed by atoms with E-state index in [1.54, 1.807) is 7.05 Å². The Labute approximate surface area is 153 Å². The molecule has 1 aromatic rings. The van der Waals surface area contributed by atoms with Gasteiger partial charge in [-0.15, -0.1) is 16.9 Å². The highest BCUT2D eigenvalue weighted by Crippen LogP contribution is 2.51. The molecule has 2 aliphatic heterocycles. The van der Waals surface area contributed by atoms with Crippen LogP contribution in [0.4, 0.5) is 0 Å². The summed E-state index contributed by atoms with van der Waals surface area (Å²) in [5, 5.41) is 12.3. The molecule has 0 aliphatic carbocycles. The fourth-order valence-electron chi connectivity index (χ4n) is 2.67. The van der Waals surface area contributed by atoms with E-state index in [2.05, 4.69) is 15.5 Å². The molecule has 0 N–H and O–H groups in total. The number of hydrogen-bond donors (Lipinski definition) is 0. The van der Waals surface area contributed by atoms with Crippen LogP contribution in [0.25, 0.3) is 5.57 Å². The average molecular weight is 386 g/mol. The van der Waals surface area contributed by atoms with Gasteiger partial charge in [0, 0.05) is 29.2 Å². The van der Waals surface area contributed by atoms with Crippen molar-refractivity contribution in [2.24, 2.45) is 12.5 Å². The summed E-state index contributed by atoms with van der Waals surface area (Å²) in [7, 11) is 1.69. The third-order valence-electron chi connectivity index (χ3n) is 4.01. The van der Waals surface area contributed by atoms with E-state index in [4.69, 9.17) is 23.8 Å². The summed E-state index contributed by atoms with van der Waals surface area (Å²) in [6, 6.07) is 0.